The second-order valence-corrected chi connectivity index (χ2v) is 5.76. The van der Waals surface area contributed by atoms with Crippen molar-refractivity contribution in [1.29, 1.82) is 0 Å². The van der Waals surface area contributed by atoms with Crippen LogP contribution in [0.25, 0.3) is 0 Å². The van der Waals surface area contributed by atoms with E-state index in [9.17, 15) is 9.59 Å². The van der Waals surface area contributed by atoms with Crippen LogP contribution in [0, 0.1) is 5.92 Å². The number of carbonyl (C=O) groups is 2. The van der Waals surface area contributed by atoms with E-state index in [2.05, 4.69) is 10.6 Å². The molecule has 0 saturated heterocycles. The summed E-state index contributed by atoms with van der Waals surface area (Å²) in [6, 6.07) is 6.46. The van der Waals surface area contributed by atoms with Crippen molar-refractivity contribution in [3.63, 3.8) is 0 Å². The van der Waals surface area contributed by atoms with E-state index < -0.39 is 6.04 Å². The Morgan fingerprint density at radius 2 is 1.76 bits per heavy atom. The zero-order valence-corrected chi connectivity index (χ0v) is 13.3. The van der Waals surface area contributed by atoms with Crippen molar-refractivity contribution in [3.05, 3.63) is 34.9 Å². The summed E-state index contributed by atoms with van der Waals surface area (Å²) in [5, 5.41) is 5.98. The quantitative estimate of drug-likeness (QED) is 0.746. The maximum absolute atomic E-state index is 11.8. The Balaban J connectivity index is 2.43. The van der Waals surface area contributed by atoms with Gasteiger partial charge in [0.2, 0.25) is 11.8 Å². The molecule has 2 amide bonds. The van der Waals surface area contributed by atoms with E-state index in [-0.39, 0.29) is 30.3 Å². The number of hydrogen-bond donors (Lipinski definition) is 3. The highest BCUT2D eigenvalue weighted by Crippen LogP contribution is 2.15. The molecule has 0 unspecified atom stereocenters. The van der Waals surface area contributed by atoms with E-state index in [4.69, 9.17) is 17.3 Å². The van der Waals surface area contributed by atoms with Gasteiger partial charge in [0, 0.05) is 5.02 Å². The topological polar surface area (TPSA) is 84.2 Å². The summed E-state index contributed by atoms with van der Waals surface area (Å²) >= 11 is 5.82. The van der Waals surface area contributed by atoms with E-state index in [1.165, 1.54) is 0 Å². The lowest BCUT2D eigenvalue weighted by molar-refractivity contribution is -0.127. The van der Waals surface area contributed by atoms with Crippen molar-refractivity contribution in [3.8, 4) is 0 Å². The third kappa shape index (κ3) is 5.73. The van der Waals surface area contributed by atoms with Crippen LogP contribution < -0.4 is 16.4 Å². The average molecular weight is 312 g/mol. The van der Waals surface area contributed by atoms with Crippen LogP contribution in [-0.4, -0.2) is 24.4 Å². The summed E-state index contributed by atoms with van der Waals surface area (Å²) in [4.78, 5) is 23.4. The first kappa shape index (κ1) is 17.5. The normalized spacial score (nSPS) is 13.6. The molecule has 1 rings (SSSR count). The van der Waals surface area contributed by atoms with Crippen LogP contribution in [0.15, 0.2) is 24.3 Å². The Labute approximate surface area is 130 Å². The first-order valence-corrected chi connectivity index (χ1v) is 7.27. The highest BCUT2D eigenvalue weighted by atomic mass is 35.5. The summed E-state index contributed by atoms with van der Waals surface area (Å²) in [5.74, 6) is -0.554. The highest BCUT2D eigenvalue weighted by molar-refractivity contribution is 6.30. The van der Waals surface area contributed by atoms with Gasteiger partial charge in [0.05, 0.1) is 18.6 Å². The second-order valence-electron chi connectivity index (χ2n) is 5.33. The molecular formula is C15H22ClN3O2. The Morgan fingerprint density at radius 1 is 1.19 bits per heavy atom. The molecule has 5 nitrogen and oxygen atoms in total. The minimum atomic E-state index is -0.605. The van der Waals surface area contributed by atoms with Crippen LogP contribution in [0.2, 0.25) is 5.02 Å². The molecule has 6 heteroatoms. The largest absolute Gasteiger partial charge is 0.348 e. The third-order valence-electron chi connectivity index (χ3n) is 3.19. The molecule has 116 valence electrons. The van der Waals surface area contributed by atoms with Gasteiger partial charge in [-0.2, -0.15) is 0 Å². The highest BCUT2D eigenvalue weighted by Gasteiger charge is 2.18. The van der Waals surface area contributed by atoms with Crippen molar-refractivity contribution in [2.75, 3.05) is 6.54 Å². The van der Waals surface area contributed by atoms with E-state index in [0.717, 1.165) is 5.56 Å². The summed E-state index contributed by atoms with van der Waals surface area (Å²) < 4.78 is 0. The number of carbonyl (C=O) groups excluding carboxylic acids is 2. The molecule has 0 aliphatic rings. The first-order valence-electron chi connectivity index (χ1n) is 6.89. The van der Waals surface area contributed by atoms with E-state index in [1.807, 2.05) is 32.9 Å². The molecule has 0 aromatic heterocycles. The zero-order valence-electron chi connectivity index (χ0n) is 12.5. The fourth-order valence-electron chi connectivity index (χ4n) is 1.72. The summed E-state index contributed by atoms with van der Waals surface area (Å²) in [6.07, 6.45) is 0. The van der Waals surface area contributed by atoms with Gasteiger partial charge in [-0.05, 0) is 30.5 Å². The monoisotopic (exact) mass is 311 g/mol. The molecule has 0 bridgehead atoms. The van der Waals surface area contributed by atoms with Gasteiger partial charge in [-0.3, -0.25) is 9.59 Å². The molecule has 4 N–H and O–H groups in total. The van der Waals surface area contributed by atoms with Crippen LogP contribution in [0.4, 0.5) is 0 Å². The number of halogens is 1. The standard InChI is InChI=1S/C15H22ClN3O2/c1-9(2)14(17)15(21)18-8-13(20)19-10(3)11-4-6-12(16)7-5-11/h4-7,9-10,14H,8,17H2,1-3H3,(H,18,21)(H,19,20)/t10-,14+/m1/s1. The first-order chi connectivity index (χ1) is 9.81. The number of benzene rings is 1. The summed E-state index contributed by atoms with van der Waals surface area (Å²) in [7, 11) is 0. The van der Waals surface area contributed by atoms with E-state index in [0.29, 0.717) is 5.02 Å². The number of nitrogens with one attached hydrogen (secondary N) is 2. The Morgan fingerprint density at radius 3 is 2.29 bits per heavy atom. The minimum absolute atomic E-state index is 0.0288. The van der Waals surface area contributed by atoms with Crippen molar-refractivity contribution in [1.82, 2.24) is 10.6 Å². The molecule has 0 spiro atoms. The van der Waals surface area contributed by atoms with Crippen LogP contribution in [-0.2, 0) is 9.59 Å². The molecule has 0 aliphatic carbocycles. The van der Waals surface area contributed by atoms with Crippen LogP contribution in [0.3, 0.4) is 0 Å². The molecule has 1 aromatic carbocycles. The Hall–Kier alpha value is -1.59. The minimum Gasteiger partial charge on any atom is -0.348 e. The lowest BCUT2D eigenvalue weighted by atomic mass is 10.1. The lowest BCUT2D eigenvalue weighted by Gasteiger charge is -2.17. The van der Waals surface area contributed by atoms with Gasteiger partial charge in [-0.1, -0.05) is 37.6 Å². The molecule has 2 atom stereocenters. The Kier molecular flexibility index (Phi) is 6.65. The van der Waals surface area contributed by atoms with E-state index >= 15 is 0 Å². The number of hydrogen-bond acceptors (Lipinski definition) is 3. The second kappa shape index (κ2) is 8.00. The molecule has 0 fully saturated rings. The van der Waals surface area contributed by atoms with Gasteiger partial charge in [0.15, 0.2) is 0 Å². The molecular weight excluding hydrogens is 290 g/mol. The van der Waals surface area contributed by atoms with Crippen LogP contribution >= 0.6 is 11.6 Å². The smallest absolute Gasteiger partial charge is 0.239 e. The molecule has 0 heterocycles. The van der Waals surface area contributed by atoms with Crippen LogP contribution in [0.1, 0.15) is 32.4 Å². The van der Waals surface area contributed by atoms with Gasteiger partial charge in [-0.25, -0.2) is 0 Å². The predicted octanol–water partition coefficient (Wildman–Crippen LogP) is 1.62. The molecule has 1 aromatic rings. The van der Waals surface area contributed by atoms with Gasteiger partial charge in [0.1, 0.15) is 0 Å². The van der Waals surface area contributed by atoms with Crippen molar-refractivity contribution in [2.45, 2.75) is 32.9 Å². The van der Waals surface area contributed by atoms with Crippen LogP contribution in [0.5, 0.6) is 0 Å². The fourth-order valence-corrected chi connectivity index (χ4v) is 1.84. The maximum atomic E-state index is 11.8. The maximum Gasteiger partial charge on any atom is 0.239 e. The summed E-state index contributed by atoms with van der Waals surface area (Å²) in [6.45, 7) is 5.49. The van der Waals surface area contributed by atoms with E-state index in [1.54, 1.807) is 12.1 Å². The third-order valence-corrected chi connectivity index (χ3v) is 3.44. The molecule has 0 saturated carbocycles. The number of rotatable bonds is 6. The van der Waals surface area contributed by atoms with Gasteiger partial charge in [0.25, 0.3) is 0 Å². The van der Waals surface area contributed by atoms with Gasteiger partial charge in [-0.15, -0.1) is 0 Å². The number of amides is 2. The van der Waals surface area contributed by atoms with Crippen molar-refractivity contribution in [2.24, 2.45) is 11.7 Å². The van der Waals surface area contributed by atoms with Gasteiger partial charge >= 0.3 is 0 Å². The molecule has 0 aliphatic heterocycles. The SMILES string of the molecule is CC(C)[C@H](N)C(=O)NCC(=O)N[C@H](C)c1ccc(Cl)cc1. The zero-order chi connectivity index (χ0) is 16.0. The molecule has 21 heavy (non-hydrogen) atoms. The van der Waals surface area contributed by atoms with Gasteiger partial charge < -0.3 is 16.4 Å². The Bertz CT molecular complexity index is 488. The lowest BCUT2D eigenvalue weighted by Crippen LogP contribution is -2.47. The number of nitrogens with two attached hydrogens (primary N) is 1. The average Bonchev–Trinajstić information content (AvgIpc) is 2.44. The van der Waals surface area contributed by atoms with Crippen molar-refractivity contribution >= 4 is 23.4 Å². The summed E-state index contributed by atoms with van der Waals surface area (Å²) in [5.41, 5.74) is 6.64. The predicted molar refractivity (Wildman–Crippen MR) is 83.8 cm³/mol. The molecule has 0 radical (unpaired) electrons. The van der Waals surface area contributed by atoms with Crippen molar-refractivity contribution < 1.29 is 9.59 Å². The fraction of sp³-hybridized carbons (Fsp3) is 0.467.